The number of piperazine rings is 1. The molecule has 3 rings (SSSR count). The van der Waals surface area contributed by atoms with Crippen LogP contribution in [0.2, 0.25) is 0 Å². The van der Waals surface area contributed by atoms with Crippen LogP contribution in [0.15, 0.2) is 24.3 Å². The van der Waals surface area contributed by atoms with E-state index in [1.807, 2.05) is 16.8 Å². The van der Waals surface area contributed by atoms with Gasteiger partial charge in [-0.05, 0) is 34.7 Å². The number of methoxy groups -OCH3 is 2. The van der Waals surface area contributed by atoms with Gasteiger partial charge in [0, 0.05) is 18.7 Å². The molecule has 148 valence electrons. The smallest absolute Gasteiger partial charge is 0.209 e. The average Bonchev–Trinajstić information content (AvgIpc) is 3.15. The Balaban J connectivity index is 1.67. The number of hydrogen-bond donors (Lipinski definition) is 1. The Morgan fingerprint density at radius 3 is 2.41 bits per heavy atom. The molecule has 1 atom stereocenters. The molecule has 1 aromatic heterocycles. The molecule has 1 aliphatic rings. The molecule has 0 saturated carbocycles. The van der Waals surface area contributed by atoms with Gasteiger partial charge in [-0.1, -0.05) is 13.8 Å². The predicted octanol–water partition coefficient (Wildman–Crippen LogP) is 0.430. The molecule has 0 spiro atoms. The quantitative estimate of drug-likeness (QED) is 0.722. The van der Waals surface area contributed by atoms with E-state index in [4.69, 9.17) is 9.47 Å². The van der Waals surface area contributed by atoms with Gasteiger partial charge in [0.2, 0.25) is 5.82 Å². The van der Waals surface area contributed by atoms with Crippen molar-refractivity contribution < 1.29 is 14.4 Å². The van der Waals surface area contributed by atoms with E-state index in [-0.39, 0.29) is 6.04 Å². The zero-order chi connectivity index (χ0) is 19.2. The van der Waals surface area contributed by atoms with E-state index < -0.39 is 0 Å². The minimum atomic E-state index is 0.287. The maximum atomic E-state index is 5.26. The molecule has 8 nitrogen and oxygen atoms in total. The van der Waals surface area contributed by atoms with Crippen LogP contribution in [0.3, 0.4) is 0 Å². The normalized spacial score (nSPS) is 16.7. The lowest BCUT2D eigenvalue weighted by Crippen LogP contribution is -3.15. The van der Waals surface area contributed by atoms with Crippen LogP contribution in [0.5, 0.6) is 5.75 Å². The van der Waals surface area contributed by atoms with Crippen molar-refractivity contribution in [3.8, 4) is 5.75 Å². The summed E-state index contributed by atoms with van der Waals surface area (Å²) in [6.45, 7) is 9.97. The summed E-state index contributed by atoms with van der Waals surface area (Å²) in [6.07, 6.45) is 0. The monoisotopic (exact) mass is 375 g/mol. The van der Waals surface area contributed by atoms with E-state index in [9.17, 15) is 0 Å². The summed E-state index contributed by atoms with van der Waals surface area (Å²) in [5, 5.41) is 12.5. The average molecular weight is 375 g/mol. The van der Waals surface area contributed by atoms with Gasteiger partial charge in [-0.15, -0.1) is 5.10 Å². The molecular weight excluding hydrogens is 344 g/mol. The third-order valence-electron chi connectivity index (χ3n) is 5.29. The highest BCUT2D eigenvalue weighted by atomic mass is 16.5. The van der Waals surface area contributed by atoms with Crippen molar-refractivity contribution in [1.82, 2.24) is 20.2 Å². The predicted molar refractivity (Wildman–Crippen MR) is 103 cm³/mol. The number of tetrazole rings is 1. The zero-order valence-corrected chi connectivity index (χ0v) is 16.8. The highest BCUT2D eigenvalue weighted by Crippen LogP contribution is 2.20. The van der Waals surface area contributed by atoms with Crippen LogP contribution < -0.4 is 14.5 Å². The molecule has 27 heavy (non-hydrogen) atoms. The van der Waals surface area contributed by atoms with Crippen LogP contribution in [0.25, 0.3) is 0 Å². The van der Waals surface area contributed by atoms with Crippen molar-refractivity contribution in [2.75, 3.05) is 51.9 Å². The Bertz CT molecular complexity index is 694. The highest BCUT2D eigenvalue weighted by Gasteiger charge is 2.35. The fraction of sp³-hybridized carbons (Fsp3) is 0.632. The molecule has 0 unspecified atom stereocenters. The third-order valence-corrected chi connectivity index (χ3v) is 5.29. The molecule has 0 radical (unpaired) electrons. The first-order valence-electron chi connectivity index (χ1n) is 9.62. The van der Waals surface area contributed by atoms with Crippen LogP contribution in [-0.4, -0.2) is 67.2 Å². The summed E-state index contributed by atoms with van der Waals surface area (Å²) in [5.41, 5.74) is 1.25. The van der Waals surface area contributed by atoms with E-state index in [2.05, 4.69) is 46.4 Å². The first-order chi connectivity index (χ1) is 13.1. The molecular formula is C19H31N6O2+. The van der Waals surface area contributed by atoms with Crippen molar-refractivity contribution in [2.24, 2.45) is 5.92 Å². The van der Waals surface area contributed by atoms with Crippen LogP contribution in [0.1, 0.15) is 25.7 Å². The number of ether oxygens (including phenoxy) is 2. The second-order valence-electron chi connectivity index (χ2n) is 7.32. The number of quaternary nitrogens is 1. The first kappa shape index (κ1) is 19.6. The summed E-state index contributed by atoms with van der Waals surface area (Å²) < 4.78 is 12.4. The van der Waals surface area contributed by atoms with Gasteiger partial charge in [-0.2, -0.15) is 0 Å². The van der Waals surface area contributed by atoms with Crippen molar-refractivity contribution in [2.45, 2.75) is 26.4 Å². The second kappa shape index (κ2) is 9.14. The molecule has 1 aromatic carbocycles. The molecule has 1 aliphatic heterocycles. The van der Waals surface area contributed by atoms with Gasteiger partial charge in [0.1, 0.15) is 5.75 Å². The van der Waals surface area contributed by atoms with Crippen LogP contribution in [0.4, 0.5) is 5.69 Å². The van der Waals surface area contributed by atoms with Crippen LogP contribution in [0, 0.1) is 5.92 Å². The molecule has 8 heteroatoms. The van der Waals surface area contributed by atoms with Crippen LogP contribution >= 0.6 is 0 Å². The third kappa shape index (κ3) is 4.56. The standard InChI is InChI=1S/C19H30N6O2/c1-15(2)18(19-20-21-22-25(19)13-14-26-3)24-11-9-23(10-12-24)16-5-7-17(27-4)8-6-16/h5-8,15,18H,9-14H2,1-4H3/p+1/t18-/m0/s1. The SMILES string of the molecule is COCCn1nnnc1[C@H](C(C)C)[NH+]1CCN(c2ccc(OC)cc2)CC1. The number of nitrogens with zero attached hydrogens (tertiary/aromatic N) is 5. The van der Waals surface area contributed by atoms with E-state index in [0.29, 0.717) is 19.1 Å². The second-order valence-corrected chi connectivity index (χ2v) is 7.32. The van der Waals surface area contributed by atoms with Crippen molar-refractivity contribution >= 4 is 5.69 Å². The van der Waals surface area contributed by atoms with E-state index in [1.165, 1.54) is 5.69 Å². The summed E-state index contributed by atoms with van der Waals surface area (Å²) >= 11 is 0. The number of hydrogen-bond acceptors (Lipinski definition) is 6. The minimum Gasteiger partial charge on any atom is -0.497 e. The molecule has 1 saturated heterocycles. The largest absolute Gasteiger partial charge is 0.497 e. The van der Waals surface area contributed by atoms with Gasteiger partial charge >= 0.3 is 0 Å². The number of anilines is 1. The number of benzene rings is 1. The zero-order valence-electron chi connectivity index (χ0n) is 16.8. The lowest BCUT2D eigenvalue weighted by Gasteiger charge is -2.38. The van der Waals surface area contributed by atoms with Gasteiger partial charge in [0.15, 0.2) is 6.04 Å². The van der Waals surface area contributed by atoms with E-state index >= 15 is 0 Å². The summed E-state index contributed by atoms with van der Waals surface area (Å²) in [7, 11) is 3.40. The van der Waals surface area contributed by atoms with Gasteiger partial charge in [0.25, 0.3) is 0 Å². The molecule has 1 fully saturated rings. The Morgan fingerprint density at radius 2 is 1.81 bits per heavy atom. The van der Waals surface area contributed by atoms with Gasteiger partial charge in [-0.25, -0.2) is 4.68 Å². The fourth-order valence-corrected chi connectivity index (χ4v) is 3.88. The van der Waals surface area contributed by atoms with E-state index in [0.717, 1.165) is 37.8 Å². The molecule has 0 aliphatic carbocycles. The van der Waals surface area contributed by atoms with Crippen molar-refractivity contribution in [3.63, 3.8) is 0 Å². The Labute approximate surface area is 161 Å². The summed E-state index contributed by atoms with van der Waals surface area (Å²) in [5.74, 6) is 2.32. The van der Waals surface area contributed by atoms with Gasteiger partial charge < -0.3 is 19.3 Å². The molecule has 0 amide bonds. The lowest BCUT2D eigenvalue weighted by molar-refractivity contribution is -0.937. The first-order valence-corrected chi connectivity index (χ1v) is 9.62. The van der Waals surface area contributed by atoms with Gasteiger partial charge in [-0.3, -0.25) is 0 Å². The van der Waals surface area contributed by atoms with Crippen molar-refractivity contribution in [1.29, 1.82) is 0 Å². The number of nitrogens with one attached hydrogen (secondary N) is 1. The van der Waals surface area contributed by atoms with Crippen LogP contribution in [-0.2, 0) is 11.3 Å². The molecule has 2 aromatic rings. The Morgan fingerprint density at radius 1 is 1.11 bits per heavy atom. The maximum absolute atomic E-state index is 5.26. The topological polar surface area (TPSA) is 69.7 Å². The number of aromatic nitrogens is 4. The summed E-state index contributed by atoms with van der Waals surface area (Å²) in [4.78, 5) is 3.98. The molecule has 1 N–H and O–H groups in total. The molecule has 0 bridgehead atoms. The van der Waals surface area contributed by atoms with E-state index in [1.54, 1.807) is 19.1 Å². The van der Waals surface area contributed by atoms with Gasteiger partial charge in [0.05, 0.1) is 46.4 Å². The lowest BCUT2D eigenvalue weighted by atomic mass is 10.0. The Kier molecular flexibility index (Phi) is 6.63. The minimum absolute atomic E-state index is 0.287. The summed E-state index contributed by atoms with van der Waals surface area (Å²) in [6, 6.07) is 8.60. The number of rotatable bonds is 8. The fourth-order valence-electron chi connectivity index (χ4n) is 3.88. The van der Waals surface area contributed by atoms with Crippen molar-refractivity contribution in [3.05, 3.63) is 30.1 Å². The Hall–Kier alpha value is -2.19. The molecule has 2 heterocycles. The highest BCUT2D eigenvalue weighted by molar-refractivity contribution is 5.49. The maximum Gasteiger partial charge on any atom is 0.209 e.